The monoisotopic (exact) mass is 193 g/mol. The molecule has 0 aliphatic heterocycles. The molecule has 1 heterocycles. The molecule has 2 rings (SSSR count). The molecule has 1 unspecified atom stereocenters. The Bertz CT molecular complexity index is 332. The van der Waals surface area contributed by atoms with E-state index in [-0.39, 0.29) is 0 Å². The fourth-order valence-corrected chi connectivity index (χ4v) is 1.99. The van der Waals surface area contributed by atoms with Gasteiger partial charge in [-0.25, -0.2) is 0 Å². The van der Waals surface area contributed by atoms with Crippen molar-refractivity contribution in [1.29, 1.82) is 0 Å². The summed E-state index contributed by atoms with van der Waals surface area (Å²) < 4.78 is 0. The Kier molecular flexibility index (Phi) is 2.61. The molecule has 1 aromatic heterocycles. The summed E-state index contributed by atoms with van der Waals surface area (Å²) in [6.07, 6.45) is 6.42. The van der Waals surface area contributed by atoms with Gasteiger partial charge in [0.05, 0.1) is 11.9 Å². The molecular formula is C10H15N3O. The maximum Gasteiger partial charge on any atom is 0.133 e. The predicted molar refractivity (Wildman–Crippen MR) is 51.8 cm³/mol. The Labute approximate surface area is 83.3 Å². The number of aryl methyl sites for hydroxylation is 1. The summed E-state index contributed by atoms with van der Waals surface area (Å²) in [5, 5.41) is 8.31. The largest absolute Gasteiger partial charge is 0.300 e. The van der Waals surface area contributed by atoms with Crippen LogP contribution < -0.4 is 0 Å². The zero-order chi connectivity index (χ0) is 9.97. The van der Waals surface area contributed by atoms with Crippen LogP contribution in [-0.4, -0.2) is 20.8 Å². The number of carbonyl (C=O) groups is 1. The van der Waals surface area contributed by atoms with Crippen LogP contribution in [0.15, 0.2) is 6.20 Å². The molecule has 1 aliphatic rings. The number of aromatic nitrogens is 3. The standard InChI is InChI=1S/C10H15N3O/c1-13-11-7-10(12-13)8-4-2-3-5-9(14)6-8/h7-8H,2-6H2,1H3. The first-order chi connectivity index (χ1) is 6.75. The van der Waals surface area contributed by atoms with E-state index in [4.69, 9.17) is 0 Å². The van der Waals surface area contributed by atoms with Crippen molar-refractivity contribution in [2.75, 3.05) is 0 Å². The summed E-state index contributed by atoms with van der Waals surface area (Å²) in [6.45, 7) is 0. The summed E-state index contributed by atoms with van der Waals surface area (Å²) >= 11 is 0. The fourth-order valence-electron chi connectivity index (χ4n) is 1.99. The first kappa shape index (κ1) is 9.37. The molecule has 0 saturated heterocycles. The molecule has 1 saturated carbocycles. The molecule has 0 bridgehead atoms. The van der Waals surface area contributed by atoms with Crippen LogP contribution in [0.3, 0.4) is 0 Å². The number of rotatable bonds is 1. The van der Waals surface area contributed by atoms with Crippen LogP contribution in [0.4, 0.5) is 0 Å². The van der Waals surface area contributed by atoms with Gasteiger partial charge >= 0.3 is 0 Å². The minimum atomic E-state index is 0.304. The molecule has 4 heteroatoms. The predicted octanol–water partition coefficient (Wildman–Crippen LogP) is 1.43. The molecule has 1 atom stereocenters. The van der Waals surface area contributed by atoms with Gasteiger partial charge in [0.2, 0.25) is 0 Å². The summed E-state index contributed by atoms with van der Waals surface area (Å²) in [6, 6.07) is 0. The second kappa shape index (κ2) is 3.90. The van der Waals surface area contributed by atoms with E-state index in [1.807, 2.05) is 7.05 Å². The van der Waals surface area contributed by atoms with Gasteiger partial charge in [0.15, 0.2) is 0 Å². The molecule has 0 spiro atoms. The van der Waals surface area contributed by atoms with E-state index in [0.29, 0.717) is 18.1 Å². The van der Waals surface area contributed by atoms with E-state index in [9.17, 15) is 4.79 Å². The molecular weight excluding hydrogens is 178 g/mol. The lowest BCUT2D eigenvalue weighted by molar-refractivity contribution is -0.119. The van der Waals surface area contributed by atoms with Crippen molar-refractivity contribution in [3.05, 3.63) is 11.9 Å². The van der Waals surface area contributed by atoms with E-state index in [1.165, 1.54) is 0 Å². The smallest absolute Gasteiger partial charge is 0.133 e. The molecule has 0 amide bonds. The quantitative estimate of drug-likeness (QED) is 0.634. The minimum absolute atomic E-state index is 0.304. The highest BCUT2D eigenvalue weighted by atomic mass is 16.1. The van der Waals surface area contributed by atoms with Gasteiger partial charge in [-0.1, -0.05) is 6.42 Å². The summed E-state index contributed by atoms with van der Waals surface area (Å²) in [5.74, 6) is 0.678. The van der Waals surface area contributed by atoms with Gasteiger partial charge < -0.3 is 0 Å². The van der Waals surface area contributed by atoms with Gasteiger partial charge in [-0.3, -0.25) is 4.79 Å². The summed E-state index contributed by atoms with van der Waals surface area (Å²) in [7, 11) is 1.81. The molecule has 4 nitrogen and oxygen atoms in total. The lowest BCUT2D eigenvalue weighted by Crippen LogP contribution is -2.05. The van der Waals surface area contributed by atoms with E-state index < -0.39 is 0 Å². The van der Waals surface area contributed by atoms with E-state index in [2.05, 4.69) is 10.2 Å². The molecule has 1 fully saturated rings. The van der Waals surface area contributed by atoms with Crippen LogP contribution in [0.2, 0.25) is 0 Å². The van der Waals surface area contributed by atoms with Crippen LogP contribution >= 0.6 is 0 Å². The van der Waals surface area contributed by atoms with Gasteiger partial charge in [-0.2, -0.15) is 15.0 Å². The van der Waals surface area contributed by atoms with Crippen molar-refractivity contribution in [3.8, 4) is 0 Å². The van der Waals surface area contributed by atoms with Crippen LogP contribution in [0, 0.1) is 0 Å². The molecule has 0 N–H and O–H groups in total. The van der Waals surface area contributed by atoms with Crippen molar-refractivity contribution in [2.45, 2.75) is 38.0 Å². The van der Waals surface area contributed by atoms with Gasteiger partial charge in [-0.15, -0.1) is 0 Å². The van der Waals surface area contributed by atoms with Crippen molar-refractivity contribution in [2.24, 2.45) is 7.05 Å². The molecule has 14 heavy (non-hydrogen) atoms. The normalized spacial score (nSPS) is 23.5. The van der Waals surface area contributed by atoms with Gasteiger partial charge in [-0.05, 0) is 12.8 Å². The Morgan fingerprint density at radius 1 is 1.50 bits per heavy atom. The first-order valence-corrected chi connectivity index (χ1v) is 5.13. The number of hydrogen-bond donors (Lipinski definition) is 0. The lowest BCUT2D eigenvalue weighted by atomic mass is 9.97. The Balaban J connectivity index is 2.12. The number of carbonyl (C=O) groups excluding carboxylic acids is 1. The molecule has 0 radical (unpaired) electrons. The highest BCUT2D eigenvalue weighted by Crippen LogP contribution is 2.28. The van der Waals surface area contributed by atoms with E-state index in [1.54, 1.807) is 11.0 Å². The van der Waals surface area contributed by atoms with Gasteiger partial charge in [0.1, 0.15) is 5.78 Å². The Morgan fingerprint density at radius 2 is 2.36 bits per heavy atom. The van der Waals surface area contributed by atoms with Crippen LogP contribution in [0.25, 0.3) is 0 Å². The third kappa shape index (κ3) is 2.00. The SMILES string of the molecule is Cn1ncc(C2CCCCC(=O)C2)n1. The average molecular weight is 193 g/mol. The van der Waals surface area contributed by atoms with E-state index >= 15 is 0 Å². The first-order valence-electron chi connectivity index (χ1n) is 5.13. The molecule has 76 valence electrons. The fraction of sp³-hybridized carbons (Fsp3) is 0.700. The van der Waals surface area contributed by atoms with E-state index in [0.717, 1.165) is 31.4 Å². The van der Waals surface area contributed by atoms with Crippen molar-refractivity contribution < 1.29 is 4.79 Å². The maximum atomic E-state index is 11.4. The zero-order valence-corrected chi connectivity index (χ0v) is 8.44. The highest BCUT2D eigenvalue weighted by molar-refractivity contribution is 5.79. The highest BCUT2D eigenvalue weighted by Gasteiger charge is 2.21. The third-order valence-electron chi connectivity index (χ3n) is 2.77. The van der Waals surface area contributed by atoms with Crippen molar-refractivity contribution in [1.82, 2.24) is 15.0 Å². The number of hydrogen-bond acceptors (Lipinski definition) is 3. The second-order valence-electron chi connectivity index (χ2n) is 3.94. The van der Waals surface area contributed by atoms with Crippen LogP contribution in [0.5, 0.6) is 0 Å². The van der Waals surface area contributed by atoms with Crippen molar-refractivity contribution in [3.63, 3.8) is 0 Å². The molecule has 1 aliphatic carbocycles. The number of ketones is 1. The second-order valence-corrected chi connectivity index (χ2v) is 3.94. The molecule has 0 aromatic carbocycles. The minimum Gasteiger partial charge on any atom is -0.300 e. The summed E-state index contributed by atoms with van der Waals surface area (Å²) in [4.78, 5) is 13.0. The number of nitrogens with zero attached hydrogens (tertiary/aromatic N) is 3. The third-order valence-corrected chi connectivity index (χ3v) is 2.77. The van der Waals surface area contributed by atoms with Crippen LogP contribution in [-0.2, 0) is 11.8 Å². The lowest BCUT2D eigenvalue weighted by Gasteiger charge is -2.08. The Morgan fingerprint density at radius 3 is 3.07 bits per heavy atom. The maximum absolute atomic E-state index is 11.4. The van der Waals surface area contributed by atoms with Crippen LogP contribution in [0.1, 0.15) is 43.7 Å². The van der Waals surface area contributed by atoms with Gasteiger partial charge in [0.25, 0.3) is 0 Å². The number of Topliss-reactive ketones (excluding diaryl/α,β-unsaturated/α-hetero) is 1. The summed E-state index contributed by atoms with van der Waals surface area (Å²) in [5.41, 5.74) is 0.975. The zero-order valence-electron chi connectivity index (χ0n) is 8.44. The average Bonchev–Trinajstić information content (AvgIpc) is 2.45. The van der Waals surface area contributed by atoms with Gasteiger partial charge in [0, 0.05) is 25.8 Å². The molecule has 1 aromatic rings. The van der Waals surface area contributed by atoms with Crippen molar-refractivity contribution >= 4 is 5.78 Å². The Hall–Kier alpha value is -1.19. The topological polar surface area (TPSA) is 47.8 Å².